The van der Waals surface area contributed by atoms with Crippen molar-refractivity contribution in [1.82, 2.24) is 0 Å². The summed E-state index contributed by atoms with van der Waals surface area (Å²) >= 11 is 2.28. The van der Waals surface area contributed by atoms with Gasteiger partial charge in [0.1, 0.15) is 0 Å². The molecule has 0 amide bonds. The van der Waals surface area contributed by atoms with Gasteiger partial charge in [-0.3, -0.25) is 5.01 Å². The molecule has 0 unspecified atom stereocenters. The van der Waals surface area contributed by atoms with E-state index in [1.165, 1.54) is 3.57 Å². The number of benzene rings is 2. The van der Waals surface area contributed by atoms with Crippen molar-refractivity contribution in [3.63, 3.8) is 0 Å². The van der Waals surface area contributed by atoms with Crippen molar-refractivity contribution in [2.75, 3.05) is 5.01 Å². The fourth-order valence-corrected chi connectivity index (χ4v) is 1.70. The zero-order chi connectivity index (χ0) is 10.7. The third-order valence-electron chi connectivity index (χ3n) is 2.14. The largest absolute Gasteiger partial charge is 0.280 e. The molecule has 3 heteroatoms. The Bertz CT molecular complexity index is 425. The Kier molecular flexibility index (Phi) is 3.23. The number of para-hydroxylation sites is 1. The van der Waals surface area contributed by atoms with Gasteiger partial charge in [-0.2, -0.15) is 0 Å². The van der Waals surface area contributed by atoms with Crippen LogP contribution in [-0.2, 0) is 0 Å². The first kappa shape index (κ1) is 10.4. The molecular formula is C12H11IN2. The Hall–Kier alpha value is -1.07. The minimum absolute atomic E-state index is 0.985. The second kappa shape index (κ2) is 4.63. The number of rotatable bonds is 2. The van der Waals surface area contributed by atoms with Crippen LogP contribution in [0.5, 0.6) is 0 Å². The molecule has 76 valence electrons. The minimum Gasteiger partial charge on any atom is -0.280 e. The van der Waals surface area contributed by atoms with E-state index in [4.69, 9.17) is 5.84 Å². The molecule has 0 bridgehead atoms. The van der Waals surface area contributed by atoms with Crippen molar-refractivity contribution in [3.05, 3.63) is 58.2 Å². The van der Waals surface area contributed by atoms with Crippen molar-refractivity contribution >= 4 is 34.0 Å². The van der Waals surface area contributed by atoms with Crippen LogP contribution in [0.4, 0.5) is 11.4 Å². The van der Waals surface area contributed by atoms with Crippen molar-refractivity contribution in [1.29, 1.82) is 0 Å². The van der Waals surface area contributed by atoms with Crippen molar-refractivity contribution in [2.24, 2.45) is 5.84 Å². The minimum atomic E-state index is 0.985. The monoisotopic (exact) mass is 310 g/mol. The Labute approximate surface area is 103 Å². The number of hydrazine groups is 1. The number of anilines is 2. The lowest BCUT2D eigenvalue weighted by atomic mass is 10.2. The van der Waals surface area contributed by atoms with E-state index in [0.717, 1.165) is 11.4 Å². The van der Waals surface area contributed by atoms with Crippen molar-refractivity contribution < 1.29 is 0 Å². The van der Waals surface area contributed by atoms with Gasteiger partial charge < -0.3 is 0 Å². The molecule has 0 radical (unpaired) electrons. The predicted octanol–water partition coefficient (Wildman–Crippen LogP) is 3.30. The molecule has 2 N–H and O–H groups in total. The smallest absolute Gasteiger partial charge is 0.0575 e. The Morgan fingerprint density at radius 3 is 1.93 bits per heavy atom. The standard InChI is InChI=1S/C12H11IN2/c13-10-6-8-12(9-7-10)15(14)11-4-2-1-3-5-11/h1-9H,14H2. The number of nitrogens with zero attached hydrogens (tertiary/aromatic N) is 1. The highest BCUT2D eigenvalue weighted by molar-refractivity contribution is 14.1. The van der Waals surface area contributed by atoms with Crippen LogP contribution >= 0.6 is 22.6 Å². The van der Waals surface area contributed by atoms with Gasteiger partial charge >= 0.3 is 0 Å². The molecule has 0 aliphatic heterocycles. The lowest BCUT2D eigenvalue weighted by Crippen LogP contribution is -2.24. The van der Waals surface area contributed by atoms with Gasteiger partial charge in [0.2, 0.25) is 0 Å². The van der Waals surface area contributed by atoms with E-state index in [0.29, 0.717) is 0 Å². The van der Waals surface area contributed by atoms with Crippen LogP contribution in [0, 0.1) is 3.57 Å². The van der Waals surface area contributed by atoms with E-state index < -0.39 is 0 Å². The van der Waals surface area contributed by atoms with E-state index in [2.05, 4.69) is 22.6 Å². The number of nitrogens with two attached hydrogens (primary N) is 1. The summed E-state index contributed by atoms with van der Waals surface area (Å²) in [7, 11) is 0. The van der Waals surface area contributed by atoms with Crippen LogP contribution < -0.4 is 10.9 Å². The van der Waals surface area contributed by atoms with Gasteiger partial charge in [0.25, 0.3) is 0 Å². The van der Waals surface area contributed by atoms with Crippen LogP contribution in [0.15, 0.2) is 54.6 Å². The summed E-state index contributed by atoms with van der Waals surface area (Å²) in [4.78, 5) is 0. The molecule has 0 aliphatic rings. The first-order valence-corrected chi connectivity index (χ1v) is 5.71. The van der Waals surface area contributed by atoms with Crippen LogP contribution in [0.25, 0.3) is 0 Å². The average Bonchev–Trinajstić information content (AvgIpc) is 2.30. The van der Waals surface area contributed by atoms with Gasteiger partial charge in [-0.25, -0.2) is 5.84 Å². The quantitative estimate of drug-likeness (QED) is 0.524. The second-order valence-electron chi connectivity index (χ2n) is 3.18. The molecule has 2 rings (SSSR count). The van der Waals surface area contributed by atoms with Crippen LogP contribution in [0.3, 0.4) is 0 Å². The topological polar surface area (TPSA) is 29.3 Å². The summed E-state index contributed by atoms with van der Waals surface area (Å²) in [5, 5.41) is 1.68. The first-order chi connectivity index (χ1) is 7.27. The van der Waals surface area contributed by atoms with Crippen molar-refractivity contribution in [2.45, 2.75) is 0 Å². The number of halogens is 1. The lowest BCUT2D eigenvalue weighted by Gasteiger charge is -2.18. The third-order valence-corrected chi connectivity index (χ3v) is 2.86. The molecule has 2 aromatic rings. The van der Waals surface area contributed by atoms with E-state index in [1.807, 2.05) is 54.6 Å². The molecule has 0 fully saturated rings. The lowest BCUT2D eigenvalue weighted by molar-refractivity contribution is 1.09. The molecule has 0 aromatic heterocycles. The second-order valence-corrected chi connectivity index (χ2v) is 4.43. The van der Waals surface area contributed by atoms with Crippen LogP contribution in [0.2, 0.25) is 0 Å². The highest BCUT2D eigenvalue weighted by Crippen LogP contribution is 2.21. The summed E-state index contributed by atoms with van der Waals surface area (Å²) in [5.41, 5.74) is 1.97. The summed E-state index contributed by atoms with van der Waals surface area (Å²) in [6.07, 6.45) is 0. The van der Waals surface area contributed by atoms with Gasteiger partial charge in [-0.1, -0.05) is 18.2 Å². The Balaban J connectivity index is 2.29. The first-order valence-electron chi connectivity index (χ1n) is 4.63. The molecule has 0 saturated heterocycles. The molecule has 15 heavy (non-hydrogen) atoms. The van der Waals surface area contributed by atoms with Gasteiger partial charge in [0.15, 0.2) is 0 Å². The fourth-order valence-electron chi connectivity index (χ4n) is 1.34. The van der Waals surface area contributed by atoms with Gasteiger partial charge in [0, 0.05) is 3.57 Å². The molecular weight excluding hydrogens is 299 g/mol. The molecule has 0 atom stereocenters. The SMILES string of the molecule is NN(c1ccccc1)c1ccc(I)cc1. The third kappa shape index (κ3) is 2.49. The van der Waals surface area contributed by atoms with E-state index in [-0.39, 0.29) is 0 Å². The molecule has 2 nitrogen and oxygen atoms in total. The zero-order valence-corrected chi connectivity index (χ0v) is 10.3. The maximum absolute atomic E-state index is 6.00. The Morgan fingerprint density at radius 2 is 1.33 bits per heavy atom. The summed E-state index contributed by atoms with van der Waals surface area (Å²) in [5.74, 6) is 6.00. The van der Waals surface area contributed by atoms with E-state index >= 15 is 0 Å². The normalized spacial score (nSPS) is 10.0. The zero-order valence-electron chi connectivity index (χ0n) is 8.10. The summed E-state index contributed by atoms with van der Waals surface area (Å²) in [6.45, 7) is 0. The molecule has 0 saturated carbocycles. The highest BCUT2D eigenvalue weighted by Gasteiger charge is 2.02. The fraction of sp³-hybridized carbons (Fsp3) is 0. The number of hydrogen-bond acceptors (Lipinski definition) is 2. The maximum Gasteiger partial charge on any atom is 0.0575 e. The van der Waals surface area contributed by atoms with E-state index in [1.54, 1.807) is 5.01 Å². The van der Waals surface area contributed by atoms with Crippen molar-refractivity contribution in [3.8, 4) is 0 Å². The van der Waals surface area contributed by atoms with Crippen LogP contribution in [-0.4, -0.2) is 0 Å². The van der Waals surface area contributed by atoms with Gasteiger partial charge in [-0.15, -0.1) is 0 Å². The highest BCUT2D eigenvalue weighted by atomic mass is 127. The predicted molar refractivity (Wildman–Crippen MR) is 71.9 cm³/mol. The average molecular weight is 310 g/mol. The number of hydrogen-bond donors (Lipinski definition) is 1. The molecule has 0 aliphatic carbocycles. The summed E-state index contributed by atoms with van der Waals surface area (Å²) < 4.78 is 1.21. The summed E-state index contributed by atoms with van der Waals surface area (Å²) in [6, 6.07) is 18.0. The Morgan fingerprint density at radius 1 is 0.800 bits per heavy atom. The molecule has 0 heterocycles. The maximum atomic E-state index is 6.00. The van der Waals surface area contributed by atoms with Gasteiger partial charge in [0.05, 0.1) is 11.4 Å². The van der Waals surface area contributed by atoms with Gasteiger partial charge in [-0.05, 0) is 59.0 Å². The molecule has 2 aromatic carbocycles. The van der Waals surface area contributed by atoms with Crippen LogP contribution in [0.1, 0.15) is 0 Å². The van der Waals surface area contributed by atoms with E-state index in [9.17, 15) is 0 Å². The molecule has 0 spiro atoms.